The van der Waals surface area contributed by atoms with Crippen molar-refractivity contribution in [3.8, 4) is 11.8 Å². The van der Waals surface area contributed by atoms with Gasteiger partial charge in [-0.2, -0.15) is 5.26 Å². The van der Waals surface area contributed by atoms with E-state index >= 15 is 0 Å². The van der Waals surface area contributed by atoms with Gasteiger partial charge in [-0.25, -0.2) is 4.79 Å². The average Bonchev–Trinajstić information content (AvgIpc) is 2.45. The second kappa shape index (κ2) is 6.24. The van der Waals surface area contributed by atoms with Crippen LogP contribution in [0.15, 0.2) is 18.2 Å². The zero-order chi connectivity index (χ0) is 16.3. The highest BCUT2D eigenvalue weighted by Crippen LogP contribution is 2.27. The highest BCUT2D eigenvalue weighted by molar-refractivity contribution is 5.91. The number of anilines is 1. The predicted molar refractivity (Wildman–Crippen MR) is 82.9 cm³/mol. The molecule has 6 heteroatoms. The average molecular weight is 303 g/mol. The molecule has 6 nitrogen and oxygen atoms in total. The summed E-state index contributed by atoms with van der Waals surface area (Å²) in [5.41, 5.74) is 0.573. The zero-order valence-corrected chi connectivity index (χ0v) is 13.3. The molecule has 1 unspecified atom stereocenters. The minimum absolute atomic E-state index is 0.0261. The normalized spacial score (nSPS) is 20.1. The summed E-state index contributed by atoms with van der Waals surface area (Å²) in [6.45, 7) is 6.89. The smallest absolute Gasteiger partial charge is 0.322 e. The van der Waals surface area contributed by atoms with Crippen molar-refractivity contribution in [2.45, 2.75) is 32.5 Å². The van der Waals surface area contributed by atoms with Crippen LogP contribution in [0.25, 0.3) is 0 Å². The Kier molecular flexibility index (Phi) is 4.57. The number of carbonyl (C=O) groups is 1. The molecule has 1 saturated heterocycles. The van der Waals surface area contributed by atoms with E-state index < -0.39 is 0 Å². The van der Waals surface area contributed by atoms with Crippen LogP contribution >= 0.6 is 0 Å². The Morgan fingerprint density at radius 2 is 2.27 bits per heavy atom. The molecule has 1 atom stereocenters. The van der Waals surface area contributed by atoms with E-state index in [0.29, 0.717) is 30.1 Å². The number of hydrogen-bond acceptors (Lipinski definition) is 4. The summed E-state index contributed by atoms with van der Waals surface area (Å²) in [6, 6.07) is 6.74. The number of morpholine rings is 1. The van der Waals surface area contributed by atoms with Crippen molar-refractivity contribution in [2.75, 3.05) is 25.5 Å². The number of amides is 2. The van der Waals surface area contributed by atoms with Gasteiger partial charge in [0.05, 0.1) is 42.7 Å². The van der Waals surface area contributed by atoms with Gasteiger partial charge < -0.3 is 19.7 Å². The highest BCUT2D eigenvalue weighted by atomic mass is 16.5. The molecule has 22 heavy (non-hydrogen) atoms. The molecule has 1 aromatic rings. The van der Waals surface area contributed by atoms with Crippen molar-refractivity contribution in [3.05, 3.63) is 23.8 Å². The maximum absolute atomic E-state index is 12.5. The fourth-order valence-electron chi connectivity index (χ4n) is 2.68. The molecule has 1 aliphatic heterocycles. The third-order valence-electron chi connectivity index (χ3n) is 3.43. The number of ether oxygens (including phenoxy) is 2. The molecule has 0 saturated carbocycles. The monoisotopic (exact) mass is 303 g/mol. The van der Waals surface area contributed by atoms with E-state index in [-0.39, 0.29) is 17.7 Å². The Balaban J connectivity index is 2.16. The van der Waals surface area contributed by atoms with Crippen LogP contribution in [-0.2, 0) is 4.74 Å². The molecular formula is C16H21N3O3. The highest BCUT2D eigenvalue weighted by Gasteiger charge is 2.33. The van der Waals surface area contributed by atoms with Gasteiger partial charge in [0, 0.05) is 6.54 Å². The summed E-state index contributed by atoms with van der Waals surface area (Å²) in [6.07, 6.45) is -0.0261. The lowest BCUT2D eigenvalue weighted by atomic mass is 10.1. The Bertz CT molecular complexity index is 607. The molecule has 1 N–H and O–H groups in total. The molecule has 0 aliphatic carbocycles. The topological polar surface area (TPSA) is 74.6 Å². The molecule has 118 valence electrons. The number of hydrogen-bond donors (Lipinski definition) is 1. The number of methoxy groups -OCH3 is 1. The lowest BCUT2D eigenvalue weighted by Crippen LogP contribution is -2.54. The van der Waals surface area contributed by atoms with Crippen LogP contribution in [0.2, 0.25) is 0 Å². The molecule has 2 rings (SSSR count). The Hall–Kier alpha value is -2.26. The summed E-state index contributed by atoms with van der Waals surface area (Å²) < 4.78 is 11.0. The van der Waals surface area contributed by atoms with Gasteiger partial charge in [-0.05, 0) is 39.0 Å². The standard InChI is InChI=1S/C16H21N3O3/c1-11-9-19(10-16(2,3)22-11)15(20)18-13-7-12(8-17)5-6-14(13)21-4/h5-7,11H,9-10H2,1-4H3,(H,18,20). The van der Waals surface area contributed by atoms with Crippen LogP contribution < -0.4 is 10.1 Å². The van der Waals surface area contributed by atoms with Crippen LogP contribution in [0.3, 0.4) is 0 Å². The quantitative estimate of drug-likeness (QED) is 0.911. The second-order valence-corrected chi connectivity index (χ2v) is 6.03. The lowest BCUT2D eigenvalue weighted by Gasteiger charge is -2.41. The molecule has 1 aromatic carbocycles. The van der Waals surface area contributed by atoms with Gasteiger partial charge in [0.25, 0.3) is 0 Å². The van der Waals surface area contributed by atoms with E-state index in [9.17, 15) is 4.79 Å². The van der Waals surface area contributed by atoms with Crippen molar-refractivity contribution < 1.29 is 14.3 Å². The fraction of sp³-hybridized carbons (Fsp3) is 0.500. The maximum atomic E-state index is 12.5. The molecule has 1 fully saturated rings. The summed E-state index contributed by atoms with van der Waals surface area (Å²) in [5.74, 6) is 0.521. The number of nitrogens with one attached hydrogen (secondary N) is 1. The minimum atomic E-state index is -0.381. The number of benzene rings is 1. The molecule has 0 spiro atoms. The van der Waals surface area contributed by atoms with E-state index in [1.807, 2.05) is 20.8 Å². The maximum Gasteiger partial charge on any atom is 0.322 e. The molecule has 2 amide bonds. The van der Waals surface area contributed by atoms with Gasteiger partial charge in [-0.1, -0.05) is 0 Å². The first-order valence-corrected chi connectivity index (χ1v) is 7.16. The van der Waals surface area contributed by atoms with Crippen molar-refractivity contribution in [3.63, 3.8) is 0 Å². The lowest BCUT2D eigenvalue weighted by molar-refractivity contribution is -0.116. The van der Waals surface area contributed by atoms with E-state index in [4.69, 9.17) is 14.7 Å². The first-order valence-electron chi connectivity index (χ1n) is 7.16. The minimum Gasteiger partial charge on any atom is -0.495 e. The SMILES string of the molecule is COc1ccc(C#N)cc1NC(=O)N1CC(C)OC(C)(C)C1. The summed E-state index contributed by atoms with van der Waals surface area (Å²) in [4.78, 5) is 14.2. The molecule has 1 aliphatic rings. The van der Waals surface area contributed by atoms with Gasteiger partial charge in [0.1, 0.15) is 5.75 Å². The number of nitriles is 1. The van der Waals surface area contributed by atoms with Crippen LogP contribution in [-0.4, -0.2) is 42.8 Å². The number of rotatable bonds is 2. The molecular weight excluding hydrogens is 282 g/mol. The Labute approximate surface area is 130 Å². The van der Waals surface area contributed by atoms with Crippen molar-refractivity contribution in [2.24, 2.45) is 0 Å². The van der Waals surface area contributed by atoms with E-state index in [2.05, 4.69) is 11.4 Å². The number of carbonyl (C=O) groups excluding carboxylic acids is 1. The summed E-state index contributed by atoms with van der Waals surface area (Å²) in [7, 11) is 1.52. The molecule has 0 bridgehead atoms. The molecule has 1 heterocycles. The van der Waals surface area contributed by atoms with Crippen LogP contribution in [0, 0.1) is 11.3 Å². The van der Waals surface area contributed by atoms with Crippen molar-refractivity contribution in [1.82, 2.24) is 4.90 Å². The third kappa shape index (κ3) is 3.68. The van der Waals surface area contributed by atoms with E-state index in [1.165, 1.54) is 7.11 Å². The van der Waals surface area contributed by atoms with Gasteiger partial charge in [0.15, 0.2) is 0 Å². The van der Waals surface area contributed by atoms with Crippen molar-refractivity contribution in [1.29, 1.82) is 5.26 Å². The predicted octanol–water partition coefficient (Wildman–Crippen LogP) is 2.60. The largest absolute Gasteiger partial charge is 0.495 e. The number of urea groups is 1. The van der Waals surface area contributed by atoms with Gasteiger partial charge in [-0.15, -0.1) is 0 Å². The fourth-order valence-corrected chi connectivity index (χ4v) is 2.68. The Morgan fingerprint density at radius 1 is 1.55 bits per heavy atom. The van der Waals surface area contributed by atoms with Crippen LogP contribution in [0.1, 0.15) is 26.3 Å². The van der Waals surface area contributed by atoms with Crippen LogP contribution in [0.4, 0.5) is 10.5 Å². The van der Waals surface area contributed by atoms with E-state index in [0.717, 1.165) is 0 Å². The van der Waals surface area contributed by atoms with Gasteiger partial charge >= 0.3 is 6.03 Å². The molecule has 0 radical (unpaired) electrons. The first kappa shape index (κ1) is 16.1. The van der Waals surface area contributed by atoms with Crippen molar-refractivity contribution >= 4 is 11.7 Å². The third-order valence-corrected chi connectivity index (χ3v) is 3.43. The summed E-state index contributed by atoms with van der Waals surface area (Å²) in [5, 5.41) is 11.8. The van der Waals surface area contributed by atoms with Gasteiger partial charge in [-0.3, -0.25) is 0 Å². The van der Waals surface area contributed by atoms with Gasteiger partial charge in [0.2, 0.25) is 0 Å². The zero-order valence-electron chi connectivity index (χ0n) is 13.3. The van der Waals surface area contributed by atoms with E-state index in [1.54, 1.807) is 23.1 Å². The second-order valence-electron chi connectivity index (χ2n) is 6.03. The summed E-state index contributed by atoms with van der Waals surface area (Å²) >= 11 is 0. The first-order chi connectivity index (χ1) is 10.3. The van der Waals surface area contributed by atoms with Crippen LogP contribution in [0.5, 0.6) is 5.75 Å². The number of nitrogens with zero attached hydrogens (tertiary/aromatic N) is 2. The molecule has 0 aromatic heterocycles. The Morgan fingerprint density at radius 3 is 2.86 bits per heavy atom.